The fourth-order valence-corrected chi connectivity index (χ4v) is 11.9. The van der Waals surface area contributed by atoms with Crippen molar-refractivity contribution in [1.82, 2.24) is 44.2 Å². The molecule has 0 saturated carbocycles. The van der Waals surface area contributed by atoms with Gasteiger partial charge in [0.15, 0.2) is 16.3 Å². The molecule has 2 N–H and O–H groups in total. The molecule has 6 aromatic heterocycles. The zero-order valence-electron chi connectivity index (χ0n) is 63.3. The standard InChI is InChI=1S/C29H30ClN3O6.C21H13ClF3N3O3.C19H12BrClN2O2.C10H19NO4.3CH4.Na.H/c1-28(2,3)38-26(35)32(27(36)39-29(4,5)6)17-21-23(25-31-14-15-37-25)33(19-10-8-7-9-11-19)22-16-18(30)12-13-20(22)24(21)34;22-12-6-7-14-16(10-12)28(13-4-2-1-3-5-13)17(19-26-8-9-31-19)15(18(14)29)11-27-20(30)21(23,24)25;20-11-15-17(19-22-8-9-25-19)23(13-4-2-1-3-5-13)16-10-12(21)6-7-14(16)18(15)24;1-9(2,3)14-7(12)11-8(13)15-10(4,5)6;;;;;/h7-16H,17H2,1-6H3;1-10H,11H2,(H,27,30);1-10H,11H2;1-6H3,(H,11,12,13);3*1H4;;/q;;;;;;;+1;-1. The molecule has 0 radical (unpaired) electrons. The Morgan fingerprint density at radius 3 is 1.05 bits per heavy atom. The van der Waals surface area contributed by atoms with Crippen LogP contribution in [0, 0.1) is 0 Å². The number of nitrogens with zero attached hydrogens (tertiary/aromatic N) is 7. The minimum Gasteiger partial charge on any atom is -1.00 e. The van der Waals surface area contributed by atoms with Crippen LogP contribution in [-0.4, -0.2) is 92.4 Å². The number of nitrogens with one attached hydrogen (secondary N) is 2. The van der Waals surface area contributed by atoms with Crippen LogP contribution >= 0.6 is 50.7 Å². The fourth-order valence-electron chi connectivity index (χ4n) is 10.8. The number of rotatable bonds is 11. The van der Waals surface area contributed by atoms with E-state index in [1.54, 1.807) is 177 Å². The molecule has 0 aliphatic heterocycles. The minimum absolute atomic E-state index is 0. The molecule has 0 atom stereocenters. The molecule has 0 spiro atoms. The summed E-state index contributed by atoms with van der Waals surface area (Å²) < 4.78 is 80.9. The number of carbonyl (C=O) groups excluding carboxylic acids is 5. The summed E-state index contributed by atoms with van der Waals surface area (Å²) in [6.45, 7) is 19.2. The number of hydrogen-bond acceptors (Lipinski definition) is 18. The van der Waals surface area contributed by atoms with Crippen LogP contribution in [0.3, 0.4) is 0 Å². The van der Waals surface area contributed by atoms with E-state index in [1.165, 1.54) is 43.3 Å². The second-order valence-corrected chi connectivity index (χ2v) is 29.8. The molecule has 12 rings (SSSR count). The van der Waals surface area contributed by atoms with Gasteiger partial charge in [-0.3, -0.25) is 19.2 Å². The first-order chi connectivity index (χ1) is 51.7. The van der Waals surface area contributed by atoms with Crippen LogP contribution in [0.15, 0.2) is 211 Å². The van der Waals surface area contributed by atoms with Gasteiger partial charge in [-0.25, -0.2) is 44.3 Å². The zero-order valence-corrected chi connectivity index (χ0v) is 68.2. The number of aromatic nitrogens is 6. The number of ether oxygens (including phenoxy) is 4. The number of amides is 5. The third kappa shape index (κ3) is 24.1. The molecule has 32 heteroatoms. The summed E-state index contributed by atoms with van der Waals surface area (Å²) in [6.07, 6.45) is -0.134. The molecular weight excluding hydrogens is 1620 g/mol. The SMILES string of the molecule is C.C.C.CC(C)(C)OC(=O)N(Cc1c(-c2ncco2)n(-c2ccccc2)c2cc(Cl)ccc2c1=O)C(=O)OC(C)(C)C.CC(C)(C)OC(=O)NC(=O)OC(C)(C)C.O=C(NCc1c(-c2ncco2)n(-c2ccccc2)c2cc(Cl)ccc2c1=O)C(F)(F)F.O=c1c(CBr)c(-c2ncco2)n(-c2ccccc2)c2cc(Cl)ccc12.[H-].[Na+]. The van der Waals surface area contributed by atoms with Gasteiger partial charge < -0.3 is 52.6 Å². The topological polar surface area (TPSA) is 294 Å². The van der Waals surface area contributed by atoms with E-state index < -0.39 is 82.8 Å². The minimum atomic E-state index is -5.09. The normalized spacial score (nSPS) is 11.2. The van der Waals surface area contributed by atoms with Crippen molar-refractivity contribution in [2.75, 3.05) is 0 Å². The van der Waals surface area contributed by atoms with Gasteiger partial charge >= 0.3 is 66.0 Å². The second-order valence-electron chi connectivity index (χ2n) is 28.0. The molecule has 114 heavy (non-hydrogen) atoms. The van der Waals surface area contributed by atoms with Crippen molar-refractivity contribution in [3.05, 3.63) is 245 Å². The molecule has 24 nitrogen and oxygen atoms in total. The van der Waals surface area contributed by atoms with Gasteiger partial charge in [-0.15, -0.1) is 0 Å². The van der Waals surface area contributed by atoms with E-state index in [0.29, 0.717) is 76.2 Å². The first-order valence-electron chi connectivity index (χ1n) is 33.6. The Balaban J connectivity index is 0.000000332. The largest absolute Gasteiger partial charge is 1.00 e. The van der Waals surface area contributed by atoms with Gasteiger partial charge in [-0.2, -0.15) is 13.2 Å². The molecule has 0 aliphatic carbocycles. The molecule has 12 aromatic rings. The molecule has 0 fully saturated rings. The van der Waals surface area contributed by atoms with Crippen LogP contribution in [0.4, 0.5) is 32.3 Å². The van der Waals surface area contributed by atoms with Crippen molar-refractivity contribution < 1.29 is 100 Å². The number of fused-ring (bicyclic) bond motifs is 3. The van der Waals surface area contributed by atoms with Crippen molar-refractivity contribution in [1.29, 1.82) is 0 Å². The third-order valence-electron chi connectivity index (χ3n) is 15.0. The average molecular weight is 1700 g/mol. The summed E-state index contributed by atoms with van der Waals surface area (Å²) in [4.78, 5) is 114. The molecule has 0 bridgehead atoms. The van der Waals surface area contributed by atoms with Crippen molar-refractivity contribution >= 4 is 114 Å². The number of oxazole rings is 3. The number of halogens is 7. The van der Waals surface area contributed by atoms with Crippen molar-refractivity contribution in [2.24, 2.45) is 0 Å². The quantitative estimate of drug-likeness (QED) is 0.0691. The smallest absolute Gasteiger partial charge is 1.00 e. The van der Waals surface area contributed by atoms with E-state index in [4.69, 9.17) is 67.0 Å². The second kappa shape index (κ2) is 39.6. The summed E-state index contributed by atoms with van der Waals surface area (Å²) in [5.74, 6) is -1.66. The Bertz CT molecular complexity index is 5470. The molecule has 6 heterocycles. The van der Waals surface area contributed by atoms with Gasteiger partial charge in [0.05, 0.1) is 41.7 Å². The van der Waals surface area contributed by atoms with Gasteiger partial charge in [0.1, 0.15) is 58.3 Å². The fraction of sp³-hybridized carbons (Fsp3) is 0.280. The van der Waals surface area contributed by atoms with Crippen LogP contribution < -0.4 is 56.5 Å². The van der Waals surface area contributed by atoms with Gasteiger partial charge in [-0.05, 0) is 174 Å². The van der Waals surface area contributed by atoms with Gasteiger partial charge in [0.25, 0.3) is 0 Å². The maximum Gasteiger partial charge on any atom is 1.00 e. The Morgan fingerprint density at radius 2 is 0.763 bits per heavy atom. The van der Waals surface area contributed by atoms with E-state index >= 15 is 0 Å². The van der Waals surface area contributed by atoms with Crippen LogP contribution in [0.2, 0.25) is 15.1 Å². The van der Waals surface area contributed by atoms with Crippen LogP contribution in [-0.2, 0) is 42.2 Å². The Kier molecular flexibility index (Phi) is 32.8. The van der Waals surface area contributed by atoms with E-state index in [1.807, 2.05) is 70.5 Å². The monoisotopic (exact) mass is 1700 g/mol. The van der Waals surface area contributed by atoms with E-state index in [-0.39, 0.29) is 98.4 Å². The summed E-state index contributed by atoms with van der Waals surface area (Å²) in [6, 6.07) is 42.5. The number of alkyl halides is 4. The van der Waals surface area contributed by atoms with Crippen molar-refractivity contribution in [2.45, 2.75) is 152 Å². The molecule has 6 aromatic carbocycles. The van der Waals surface area contributed by atoms with Crippen LogP contribution in [0.1, 0.15) is 123 Å². The number of imide groups is 2. The summed E-state index contributed by atoms with van der Waals surface area (Å²) in [7, 11) is 0. The van der Waals surface area contributed by atoms with E-state index in [0.717, 1.165) is 10.6 Å². The molecule has 0 saturated heterocycles. The van der Waals surface area contributed by atoms with Crippen LogP contribution in [0.25, 0.3) is 84.5 Å². The third-order valence-corrected chi connectivity index (χ3v) is 16.3. The molecule has 0 aliphatic rings. The summed E-state index contributed by atoms with van der Waals surface area (Å²) >= 11 is 22.2. The first-order valence-corrected chi connectivity index (χ1v) is 35.8. The average Bonchev–Trinajstić information content (AvgIpc) is 1.64. The predicted molar refractivity (Wildman–Crippen MR) is 436 cm³/mol. The van der Waals surface area contributed by atoms with Gasteiger partial charge in [0, 0.05) is 76.9 Å². The van der Waals surface area contributed by atoms with Gasteiger partial charge in [-0.1, -0.05) is 128 Å². The predicted octanol–water partition coefficient (Wildman–Crippen LogP) is 18.1. The number of pyridine rings is 3. The Morgan fingerprint density at radius 1 is 0.465 bits per heavy atom. The van der Waals surface area contributed by atoms with Crippen molar-refractivity contribution in [3.8, 4) is 51.8 Å². The maximum absolute atomic E-state index is 14.0. The molecular formula is C82H87BrCl3F3N9NaO15. The van der Waals surface area contributed by atoms with Gasteiger partial charge in [0.2, 0.25) is 17.7 Å². The van der Waals surface area contributed by atoms with Crippen molar-refractivity contribution in [3.63, 3.8) is 0 Å². The summed E-state index contributed by atoms with van der Waals surface area (Å²) in [5.41, 5.74) is 1.15. The number of benzene rings is 6. The van der Waals surface area contributed by atoms with E-state index in [9.17, 15) is 51.5 Å². The maximum atomic E-state index is 14.0. The zero-order chi connectivity index (χ0) is 80.4. The summed E-state index contributed by atoms with van der Waals surface area (Å²) in [5, 5.41) is 6.57. The molecule has 600 valence electrons. The van der Waals surface area contributed by atoms with E-state index in [2.05, 4.69) is 30.9 Å². The number of hydrogen-bond donors (Lipinski definition) is 2. The molecule has 0 unspecified atom stereocenters. The number of para-hydroxylation sites is 3. The Hall–Kier alpha value is -10.3. The number of alkyl carbamates (subject to hydrolysis) is 2. The number of carbonyl (C=O) groups is 5. The van der Waals surface area contributed by atoms with Crippen LogP contribution in [0.5, 0.6) is 0 Å². The first kappa shape index (κ1) is 94.3. The Labute approximate surface area is 702 Å². The molecule has 5 amide bonds.